The second kappa shape index (κ2) is 3.78. The minimum Gasteiger partial charge on any atom is -0.331 e. The van der Waals surface area contributed by atoms with Crippen LogP contribution < -0.4 is 0 Å². The molecule has 2 aromatic heterocycles. The molecule has 0 spiro atoms. The smallest absolute Gasteiger partial charge is 0.113 e. The Bertz CT molecular complexity index is 698. The average Bonchev–Trinajstić information content (AvgIpc) is 3.05. The van der Waals surface area contributed by atoms with Crippen LogP contribution in [0.15, 0.2) is 43.0 Å². The van der Waals surface area contributed by atoms with Crippen molar-refractivity contribution >= 4 is 11.3 Å². The summed E-state index contributed by atoms with van der Waals surface area (Å²) in [5.74, 6) is 0. The number of imidazole rings is 1. The predicted molar refractivity (Wildman–Crippen MR) is 71.7 cm³/mol. The molecule has 4 rings (SSSR count). The highest BCUT2D eigenvalue weighted by Crippen LogP contribution is 2.39. The first-order valence-corrected chi connectivity index (χ1v) is 6.74. The van der Waals surface area contributed by atoms with Gasteiger partial charge in [0.25, 0.3) is 0 Å². The van der Waals surface area contributed by atoms with E-state index in [9.17, 15) is 0 Å². The average molecular weight is 253 g/mol. The summed E-state index contributed by atoms with van der Waals surface area (Å²) in [5, 5.41) is 1.16. The molecule has 0 radical (unpaired) electrons. The van der Waals surface area contributed by atoms with Crippen molar-refractivity contribution in [2.75, 3.05) is 0 Å². The van der Waals surface area contributed by atoms with E-state index in [0.29, 0.717) is 0 Å². The molecule has 0 fully saturated rings. The lowest BCUT2D eigenvalue weighted by Crippen LogP contribution is -1.95. The number of nitrogens with zero attached hydrogens (tertiary/aromatic N) is 3. The molecule has 0 N–H and O–H groups in total. The van der Waals surface area contributed by atoms with Gasteiger partial charge in [-0.25, -0.2) is 9.97 Å². The van der Waals surface area contributed by atoms with Crippen LogP contribution in [0.5, 0.6) is 0 Å². The zero-order valence-electron chi connectivity index (χ0n) is 9.71. The Labute approximate surface area is 109 Å². The zero-order chi connectivity index (χ0) is 11.9. The molecule has 0 bridgehead atoms. The molecule has 1 aromatic carbocycles. The molecule has 0 amide bonds. The van der Waals surface area contributed by atoms with Gasteiger partial charge in [-0.1, -0.05) is 24.3 Å². The number of benzene rings is 1. The van der Waals surface area contributed by atoms with Gasteiger partial charge in [0.15, 0.2) is 0 Å². The lowest BCUT2D eigenvalue weighted by Gasteiger charge is -1.99. The summed E-state index contributed by atoms with van der Waals surface area (Å²) in [4.78, 5) is 10.2. The Morgan fingerprint density at radius 1 is 1.28 bits per heavy atom. The van der Waals surface area contributed by atoms with Crippen LogP contribution in [-0.2, 0) is 13.0 Å². The van der Waals surface area contributed by atoms with Gasteiger partial charge in [-0.05, 0) is 5.56 Å². The maximum atomic E-state index is 4.78. The van der Waals surface area contributed by atoms with Crippen molar-refractivity contribution < 1.29 is 0 Å². The van der Waals surface area contributed by atoms with Gasteiger partial charge in [-0.3, -0.25) is 0 Å². The van der Waals surface area contributed by atoms with Crippen molar-refractivity contribution in [1.29, 1.82) is 0 Å². The molecule has 88 valence electrons. The molecule has 4 heteroatoms. The van der Waals surface area contributed by atoms with Gasteiger partial charge < -0.3 is 4.57 Å². The fraction of sp³-hybridized carbons (Fsp3) is 0.143. The summed E-state index contributed by atoms with van der Waals surface area (Å²) in [6.45, 7) is 0.819. The van der Waals surface area contributed by atoms with Gasteiger partial charge in [0.05, 0.1) is 18.6 Å². The third-order valence-electron chi connectivity index (χ3n) is 3.24. The summed E-state index contributed by atoms with van der Waals surface area (Å²) in [7, 11) is 0. The first-order chi connectivity index (χ1) is 8.90. The van der Waals surface area contributed by atoms with E-state index in [1.54, 1.807) is 6.20 Å². The highest BCUT2D eigenvalue weighted by Gasteiger charge is 2.22. The lowest BCUT2D eigenvalue weighted by atomic mass is 10.1. The van der Waals surface area contributed by atoms with Crippen LogP contribution >= 0.6 is 11.3 Å². The predicted octanol–water partition coefficient (Wildman–Crippen LogP) is 2.96. The van der Waals surface area contributed by atoms with Crippen LogP contribution in [0, 0.1) is 0 Å². The molecule has 0 atom stereocenters. The highest BCUT2D eigenvalue weighted by atomic mass is 32.1. The van der Waals surface area contributed by atoms with Gasteiger partial charge in [0.2, 0.25) is 0 Å². The zero-order valence-corrected chi connectivity index (χ0v) is 10.5. The van der Waals surface area contributed by atoms with E-state index >= 15 is 0 Å². The topological polar surface area (TPSA) is 30.7 Å². The van der Waals surface area contributed by atoms with Crippen LogP contribution in [-0.4, -0.2) is 14.5 Å². The maximum absolute atomic E-state index is 4.78. The summed E-state index contributed by atoms with van der Waals surface area (Å²) >= 11 is 1.82. The van der Waals surface area contributed by atoms with E-state index in [2.05, 4.69) is 33.8 Å². The van der Waals surface area contributed by atoms with Crippen molar-refractivity contribution in [2.24, 2.45) is 0 Å². The molecule has 3 aromatic rings. The van der Waals surface area contributed by atoms with Crippen molar-refractivity contribution in [3.8, 4) is 11.3 Å². The summed E-state index contributed by atoms with van der Waals surface area (Å²) in [6, 6.07) is 8.55. The second-order valence-corrected chi connectivity index (χ2v) is 5.62. The third-order valence-corrected chi connectivity index (χ3v) is 4.28. The molecule has 2 heterocycles. The van der Waals surface area contributed by atoms with Gasteiger partial charge >= 0.3 is 0 Å². The van der Waals surface area contributed by atoms with Crippen LogP contribution in [0.1, 0.15) is 15.4 Å². The van der Waals surface area contributed by atoms with Crippen molar-refractivity contribution in [3.63, 3.8) is 0 Å². The molecule has 3 nitrogen and oxygen atoms in total. The Hall–Kier alpha value is -1.94. The number of hydrogen-bond donors (Lipinski definition) is 0. The van der Waals surface area contributed by atoms with E-state index in [-0.39, 0.29) is 0 Å². The van der Waals surface area contributed by atoms with Crippen molar-refractivity contribution in [1.82, 2.24) is 14.5 Å². The Morgan fingerprint density at radius 3 is 3.11 bits per heavy atom. The molecule has 0 aliphatic heterocycles. The van der Waals surface area contributed by atoms with E-state index in [1.807, 2.05) is 23.9 Å². The van der Waals surface area contributed by atoms with Crippen molar-refractivity contribution in [2.45, 2.75) is 13.0 Å². The Morgan fingerprint density at radius 2 is 2.22 bits per heavy atom. The monoisotopic (exact) mass is 253 g/mol. The minimum atomic E-state index is 0.819. The molecule has 0 saturated carbocycles. The first-order valence-electron chi connectivity index (χ1n) is 5.93. The van der Waals surface area contributed by atoms with Gasteiger partial charge in [0.1, 0.15) is 5.01 Å². The second-order valence-electron chi connectivity index (χ2n) is 4.45. The summed E-state index contributed by atoms with van der Waals surface area (Å²) in [6.07, 6.45) is 6.64. The minimum absolute atomic E-state index is 0.819. The first kappa shape index (κ1) is 10.0. The molecular formula is C14H11N3S. The van der Waals surface area contributed by atoms with Gasteiger partial charge in [-0.15, -0.1) is 11.3 Å². The summed E-state index contributed by atoms with van der Waals surface area (Å²) < 4.78 is 2.06. The normalized spacial score (nSPS) is 12.4. The highest BCUT2D eigenvalue weighted by molar-refractivity contribution is 7.12. The molecule has 0 saturated heterocycles. The molecule has 1 aliphatic rings. The SMILES string of the molecule is c1ccc2c(c1)Cc1sc(Cn3ccnc3)nc1-2. The molecular weight excluding hydrogens is 242 g/mol. The largest absolute Gasteiger partial charge is 0.331 e. The van der Waals surface area contributed by atoms with E-state index < -0.39 is 0 Å². The third kappa shape index (κ3) is 1.49. The molecule has 0 unspecified atom stereocenters. The standard InChI is InChI=1S/C14H11N3S/c1-2-4-11-10(3-1)7-12-14(11)16-13(18-12)8-17-6-5-15-9-17/h1-6,9H,7-8H2. The Balaban J connectivity index is 1.72. The maximum Gasteiger partial charge on any atom is 0.113 e. The number of thiazole rings is 1. The number of fused-ring (bicyclic) bond motifs is 3. The summed E-state index contributed by atoms with van der Waals surface area (Å²) in [5.41, 5.74) is 3.90. The Kier molecular flexibility index (Phi) is 2.11. The van der Waals surface area contributed by atoms with Crippen LogP contribution in [0.2, 0.25) is 0 Å². The molecule has 18 heavy (non-hydrogen) atoms. The van der Waals surface area contributed by atoms with E-state index in [1.165, 1.54) is 21.7 Å². The van der Waals surface area contributed by atoms with Crippen LogP contribution in [0.4, 0.5) is 0 Å². The van der Waals surface area contributed by atoms with Crippen molar-refractivity contribution in [3.05, 3.63) is 58.4 Å². The lowest BCUT2D eigenvalue weighted by molar-refractivity contribution is 0.791. The number of rotatable bonds is 2. The fourth-order valence-electron chi connectivity index (χ4n) is 2.41. The van der Waals surface area contributed by atoms with E-state index in [0.717, 1.165) is 18.0 Å². The fourth-order valence-corrected chi connectivity index (χ4v) is 3.53. The van der Waals surface area contributed by atoms with Gasteiger partial charge in [-0.2, -0.15) is 0 Å². The van der Waals surface area contributed by atoms with Gasteiger partial charge in [0, 0.05) is 29.3 Å². The molecule has 1 aliphatic carbocycles. The van der Waals surface area contributed by atoms with Crippen LogP contribution in [0.25, 0.3) is 11.3 Å². The van der Waals surface area contributed by atoms with E-state index in [4.69, 9.17) is 4.98 Å². The van der Waals surface area contributed by atoms with Crippen LogP contribution in [0.3, 0.4) is 0 Å². The number of aromatic nitrogens is 3. The quantitative estimate of drug-likeness (QED) is 0.550. The number of hydrogen-bond acceptors (Lipinski definition) is 3.